The number of nitrogens with zero attached hydrogens (tertiary/aromatic N) is 3. The number of benzene rings is 2. The lowest BCUT2D eigenvalue weighted by molar-refractivity contribution is -0.119. The zero-order valence-electron chi connectivity index (χ0n) is 21.4. The van der Waals surface area contributed by atoms with Gasteiger partial charge in [0, 0.05) is 43.3 Å². The molecule has 36 heavy (non-hydrogen) atoms. The van der Waals surface area contributed by atoms with Gasteiger partial charge in [0.05, 0.1) is 13.2 Å². The van der Waals surface area contributed by atoms with E-state index in [1.54, 1.807) is 0 Å². The molecule has 194 valence electrons. The van der Waals surface area contributed by atoms with Gasteiger partial charge in [-0.2, -0.15) is 0 Å². The second-order valence-electron chi connectivity index (χ2n) is 9.88. The summed E-state index contributed by atoms with van der Waals surface area (Å²) in [5, 5.41) is 8.93. The van der Waals surface area contributed by atoms with Crippen LogP contribution in [0, 0.1) is 0 Å². The number of piperidine rings is 1. The summed E-state index contributed by atoms with van der Waals surface area (Å²) in [4.78, 5) is 31.8. The van der Waals surface area contributed by atoms with Crippen molar-refractivity contribution in [1.29, 1.82) is 0 Å². The van der Waals surface area contributed by atoms with Gasteiger partial charge in [-0.3, -0.25) is 9.59 Å². The highest BCUT2D eigenvalue weighted by Crippen LogP contribution is 2.32. The molecular formula is C29H39N3O4. The van der Waals surface area contributed by atoms with Crippen molar-refractivity contribution >= 4 is 17.5 Å². The van der Waals surface area contributed by atoms with Gasteiger partial charge in [0.25, 0.3) is 5.91 Å². The third kappa shape index (κ3) is 6.65. The molecular weight excluding hydrogens is 454 g/mol. The van der Waals surface area contributed by atoms with Gasteiger partial charge in [0.1, 0.15) is 5.75 Å². The van der Waals surface area contributed by atoms with Crippen molar-refractivity contribution in [2.75, 3.05) is 51.3 Å². The molecule has 0 unspecified atom stereocenters. The van der Waals surface area contributed by atoms with Crippen LogP contribution < -0.4 is 9.64 Å². The first-order chi connectivity index (χ1) is 17.6. The lowest BCUT2D eigenvalue weighted by Crippen LogP contribution is -2.50. The van der Waals surface area contributed by atoms with E-state index in [2.05, 4.69) is 11.0 Å². The zero-order valence-corrected chi connectivity index (χ0v) is 21.4. The third-order valence-corrected chi connectivity index (χ3v) is 7.28. The van der Waals surface area contributed by atoms with E-state index in [4.69, 9.17) is 9.84 Å². The second kappa shape index (κ2) is 12.9. The molecule has 0 atom stereocenters. The molecule has 0 radical (unpaired) electrons. The van der Waals surface area contributed by atoms with Crippen molar-refractivity contribution in [1.82, 2.24) is 9.80 Å². The van der Waals surface area contributed by atoms with Crippen LogP contribution >= 0.6 is 0 Å². The average Bonchev–Trinajstić information content (AvgIpc) is 2.91. The number of hydrogen-bond donors (Lipinski definition) is 1. The molecule has 0 saturated carbocycles. The van der Waals surface area contributed by atoms with Crippen molar-refractivity contribution in [2.24, 2.45) is 0 Å². The maximum Gasteiger partial charge on any atom is 0.253 e. The first kappa shape index (κ1) is 26.2. The van der Waals surface area contributed by atoms with Crippen molar-refractivity contribution in [3.63, 3.8) is 0 Å². The van der Waals surface area contributed by atoms with Crippen molar-refractivity contribution in [2.45, 2.75) is 51.0 Å². The Morgan fingerprint density at radius 2 is 1.75 bits per heavy atom. The fourth-order valence-electron chi connectivity index (χ4n) is 5.19. The molecule has 1 saturated heterocycles. The number of fused-ring (bicyclic) bond motifs is 1. The average molecular weight is 494 g/mol. The van der Waals surface area contributed by atoms with Gasteiger partial charge in [-0.15, -0.1) is 0 Å². The minimum Gasteiger partial charge on any atom is -0.494 e. The minimum atomic E-state index is 0.0392. The standard InChI is InChI=1S/C29H39N3O4/c1-30(20-21-33)17-5-2-6-22-36-26-12-9-24(10-13-26)29(35)31-18-15-25(16-19-31)32-27-8-4-3-7-23(27)11-14-28(32)34/h3-4,7-10,12-13,25,33H,2,5-6,11,14-22H2,1H3. The SMILES string of the molecule is CN(CCO)CCCCCOc1ccc(C(=O)N2CCC(N3C(=O)CCc4ccccc43)CC2)cc1. The molecule has 2 aromatic carbocycles. The predicted octanol–water partition coefficient (Wildman–Crippen LogP) is 3.74. The number of aryl methyl sites for hydroxylation is 1. The summed E-state index contributed by atoms with van der Waals surface area (Å²) in [6.07, 6.45) is 6.11. The Balaban J connectivity index is 1.21. The van der Waals surface area contributed by atoms with Crippen LogP contribution in [0.15, 0.2) is 48.5 Å². The van der Waals surface area contributed by atoms with Crippen LogP contribution in [0.2, 0.25) is 0 Å². The van der Waals surface area contributed by atoms with Crippen molar-refractivity contribution in [3.05, 3.63) is 59.7 Å². The number of anilines is 1. The van der Waals surface area contributed by atoms with Crippen LogP contribution in [0.1, 0.15) is 54.4 Å². The number of likely N-dealkylation sites (N-methyl/N-ethyl adjacent to an activating group) is 1. The number of aliphatic hydroxyl groups is 1. The number of rotatable bonds is 11. The Labute approximate surface area is 214 Å². The largest absolute Gasteiger partial charge is 0.494 e. The molecule has 2 aliphatic heterocycles. The van der Waals surface area contributed by atoms with Crippen molar-refractivity contribution < 1.29 is 19.4 Å². The summed E-state index contributed by atoms with van der Waals surface area (Å²) in [7, 11) is 2.02. The first-order valence-electron chi connectivity index (χ1n) is 13.3. The normalized spacial score (nSPS) is 16.4. The predicted molar refractivity (Wildman–Crippen MR) is 142 cm³/mol. The van der Waals surface area contributed by atoms with Crippen LogP contribution in [0.4, 0.5) is 5.69 Å². The molecule has 1 fully saturated rings. The highest BCUT2D eigenvalue weighted by molar-refractivity contribution is 5.97. The summed E-state index contributed by atoms with van der Waals surface area (Å²) in [5.74, 6) is 1.02. The summed E-state index contributed by atoms with van der Waals surface area (Å²) >= 11 is 0. The number of ether oxygens (including phenoxy) is 1. The van der Waals surface area contributed by atoms with Crippen LogP contribution in [0.25, 0.3) is 0 Å². The smallest absolute Gasteiger partial charge is 0.253 e. The van der Waals surface area contributed by atoms with Gasteiger partial charge in [-0.1, -0.05) is 18.2 Å². The Bertz CT molecular complexity index is 1000. The zero-order chi connectivity index (χ0) is 25.3. The van der Waals surface area contributed by atoms with E-state index in [-0.39, 0.29) is 24.5 Å². The Morgan fingerprint density at radius 3 is 2.50 bits per heavy atom. The minimum absolute atomic E-state index is 0.0392. The van der Waals surface area contributed by atoms with Crippen LogP contribution in [0.5, 0.6) is 5.75 Å². The van der Waals surface area contributed by atoms with E-state index in [0.29, 0.717) is 38.2 Å². The summed E-state index contributed by atoms with van der Waals surface area (Å²) < 4.78 is 5.84. The van der Waals surface area contributed by atoms with Crippen LogP contribution in [-0.2, 0) is 11.2 Å². The summed E-state index contributed by atoms with van der Waals surface area (Å²) in [6.45, 7) is 3.86. The van der Waals surface area contributed by atoms with E-state index in [1.807, 2.05) is 59.3 Å². The number of amides is 2. The number of unbranched alkanes of at least 4 members (excludes halogenated alkanes) is 2. The fourth-order valence-corrected chi connectivity index (χ4v) is 5.19. The molecule has 2 aliphatic rings. The first-order valence-corrected chi connectivity index (χ1v) is 13.3. The fraction of sp³-hybridized carbons (Fsp3) is 0.517. The monoisotopic (exact) mass is 493 g/mol. The highest BCUT2D eigenvalue weighted by Gasteiger charge is 2.33. The molecule has 1 N–H and O–H groups in total. The van der Waals surface area contributed by atoms with Crippen molar-refractivity contribution in [3.8, 4) is 5.75 Å². The molecule has 0 bridgehead atoms. The highest BCUT2D eigenvalue weighted by atomic mass is 16.5. The molecule has 2 heterocycles. The van der Waals surface area contributed by atoms with E-state index < -0.39 is 0 Å². The van der Waals surface area contributed by atoms with Gasteiger partial charge >= 0.3 is 0 Å². The third-order valence-electron chi connectivity index (χ3n) is 7.28. The molecule has 0 aliphatic carbocycles. The molecule has 0 spiro atoms. The number of para-hydroxylation sites is 1. The number of carbonyl (C=O) groups is 2. The van der Waals surface area contributed by atoms with Crippen LogP contribution in [-0.4, -0.2) is 79.2 Å². The molecule has 7 nitrogen and oxygen atoms in total. The van der Waals surface area contributed by atoms with Gasteiger partial charge in [0.15, 0.2) is 0 Å². The Morgan fingerprint density at radius 1 is 1.00 bits per heavy atom. The lowest BCUT2D eigenvalue weighted by atomic mass is 9.95. The summed E-state index contributed by atoms with van der Waals surface area (Å²) in [5.41, 5.74) is 2.96. The lowest BCUT2D eigenvalue weighted by Gasteiger charge is -2.41. The van der Waals surface area contributed by atoms with E-state index >= 15 is 0 Å². The molecule has 2 aromatic rings. The molecule has 7 heteroatoms. The van der Waals surface area contributed by atoms with Gasteiger partial charge < -0.3 is 24.5 Å². The number of likely N-dealkylation sites (tertiary alicyclic amines) is 1. The van der Waals surface area contributed by atoms with Gasteiger partial charge in [-0.05, 0) is 88.0 Å². The quantitative estimate of drug-likeness (QED) is 0.483. The number of aliphatic hydroxyl groups excluding tert-OH is 1. The Hall–Kier alpha value is -2.90. The number of hydrogen-bond acceptors (Lipinski definition) is 5. The summed E-state index contributed by atoms with van der Waals surface area (Å²) in [6, 6.07) is 15.8. The van der Waals surface area contributed by atoms with Crippen LogP contribution in [0.3, 0.4) is 0 Å². The number of carbonyl (C=O) groups excluding carboxylic acids is 2. The maximum atomic E-state index is 13.1. The second-order valence-corrected chi connectivity index (χ2v) is 9.88. The molecule has 2 amide bonds. The van der Waals surface area contributed by atoms with E-state index in [0.717, 1.165) is 56.5 Å². The van der Waals surface area contributed by atoms with E-state index in [1.165, 1.54) is 5.56 Å². The van der Waals surface area contributed by atoms with Gasteiger partial charge in [-0.25, -0.2) is 0 Å². The topological polar surface area (TPSA) is 73.3 Å². The molecule has 0 aromatic heterocycles. The van der Waals surface area contributed by atoms with E-state index in [9.17, 15) is 9.59 Å². The van der Waals surface area contributed by atoms with Gasteiger partial charge in [0.2, 0.25) is 5.91 Å². The Kier molecular flexibility index (Phi) is 9.36. The maximum absolute atomic E-state index is 13.1. The molecule has 4 rings (SSSR count).